The van der Waals surface area contributed by atoms with E-state index in [2.05, 4.69) is 15.9 Å². The number of hydrogen-bond donors (Lipinski definition) is 2. The molecular weight excluding hydrogens is 94.1 g/mol. The second-order valence-corrected chi connectivity index (χ2v) is 1.02. The molecule has 0 aliphatic carbocycles. The van der Waals surface area contributed by atoms with Crippen LogP contribution >= 0.6 is 0 Å². The third-order valence-electron chi connectivity index (χ3n) is 0.512. The zero-order valence-electron chi connectivity index (χ0n) is 3.57. The summed E-state index contributed by atoms with van der Waals surface area (Å²) in [7, 11) is 0. The van der Waals surface area contributed by atoms with Gasteiger partial charge >= 0.3 is 0 Å². The Hall–Kier alpha value is -1.10. The van der Waals surface area contributed by atoms with E-state index in [0.29, 0.717) is 0 Å². The lowest BCUT2D eigenvalue weighted by Gasteiger charge is -2.10. The van der Waals surface area contributed by atoms with Gasteiger partial charge in [-0.2, -0.15) is 5.53 Å². The molecule has 0 aromatic rings. The van der Waals surface area contributed by atoms with Crippen LogP contribution in [0.3, 0.4) is 0 Å². The van der Waals surface area contributed by atoms with Gasteiger partial charge in [0.2, 0.25) is 0 Å². The number of nitrogens with one attached hydrogen (secondary N) is 1. The van der Waals surface area contributed by atoms with Crippen molar-refractivity contribution in [1.29, 1.82) is 0 Å². The van der Waals surface area contributed by atoms with Crippen molar-refractivity contribution in [3.05, 3.63) is 12.4 Å². The highest BCUT2D eigenvalue weighted by Crippen LogP contribution is 1.83. The normalized spacial score (nSPS) is 17.0. The molecule has 5 nitrogen and oxygen atoms in total. The van der Waals surface area contributed by atoms with Crippen LogP contribution in [0.15, 0.2) is 22.7 Å². The Labute approximate surface area is 40.4 Å². The van der Waals surface area contributed by atoms with Crippen molar-refractivity contribution in [2.45, 2.75) is 0 Å². The quantitative estimate of drug-likeness (QED) is 0.403. The Morgan fingerprint density at radius 3 is 2.86 bits per heavy atom. The fourth-order valence-electron chi connectivity index (χ4n) is 0.246. The molecular formula is C2H5N5. The van der Waals surface area contributed by atoms with Gasteiger partial charge in [0.25, 0.3) is 0 Å². The van der Waals surface area contributed by atoms with Crippen LogP contribution in [0.2, 0.25) is 0 Å². The van der Waals surface area contributed by atoms with E-state index in [1.165, 1.54) is 11.3 Å². The van der Waals surface area contributed by atoms with Crippen molar-refractivity contribution in [2.24, 2.45) is 16.2 Å². The molecule has 3 N–H and O–H groups in total. The maximum Gasteiger partial charge on any atom is 0.0709 e. The lowest BCUT2D eigenvalue weighted by atomic mass is 10.9. The average Bonchev–Trinajstić information content (AvgIpc) is 1.69. The maximum absolute atomic E-state index is 5.12. The van der Waals surface area contributed by atoms with Gasteiger partial charge in [-0.3, -0.25) is 0 Å². The van der Waals surface area contributed by atoms with Crippen molar-refractivity contribution in [3.63, 3.8) is 0 Å². The van der Waals surface area contributed by atoms with Crippen molar-refractivity contribution < 1.29 is 0 Å². The van der Waals surface area contributed by atoms with Crippen LogP contribution in [0, 0.1) is 0 Å². The van der Waals surface area contributed by atoms with E-state index < -0.39 is 0 Å². The highest BCUT2D eigenvalue weighted by Gasteiger charge is 1.86. The van der Waals surface area contributed by atoms with Crippen LogP contribution in [0.5, 0.6) is 0 Å². The third kappa shape index (κ3) is 0.866. The summed E-state index contributed by atoms with van der Waals surface area (Å²) < 4.78 is 0. The maximum atomic E-state index is 5.12. The molecule has 1 aliphatic heterocycles. The topological polar surface area (TPSA) is 66.0 Å². The summed E-state index contributed by atoms with van der Waals surface area (Å²) in [5.74, 6) is 5.12. The second-order valence-electron chi connectivity index (χ2n) is 1.02. The van der Waals surface area contributed by atoms with Crippen molar-refractivity contribution in [3.8, 4) is 0 Å². The van der Waals surface area contributed by atoms with Crippen molar-refractivity contribution in [2.75, 3.05) is 0 Å². The van der Waals surface area contributed by atoms with Crippen molar-refractivity contribution >= 4 is 0 Å². The molecule has 1 rings (SSSR count). The van der Waals surface area contributed by atoms with Gasteiger partial charge in [0.15, 0.2) is 0 Å². The third-order valence-corrected chi connectivity index (χ3v) is 0.512. The van der Waals surface area contributed by atoms with Gasteiger partial charge in [-0.05, 0) is 0 Å². The lowest BCUT2D eigenvalue weighted by Crippen LogP contribution is -2.36. The number of nitrogens with two attached hydrogens (primary N) is 1. The predicted molar refractivity (Wildman–Crippen MR) is 23.2 cm³/mol. The van der Waals surface area contributed by atoms with Crippen LogP contribution in [0.1, 0.15) is 0 Å². The Morgan fingerprint density at radius 2 is 2.57 bits per heavy atom. The van der Waals surface area contributed by atoms with E-state index in [0.717, 1.165) is 0 Å². The summed E-state index contributed by atoms with van der Waals surface area (Å²) in [6, 6.07) is 0. The van der Waals surface area contributed by atoms with E-state index in [4.69, 9.17) is 5.84 Å². The summed E-state index contributed by atoms with van der Waals surface area (Å²) in [6.45, 7) is 0. The van der Waals surface area contributed by atoms with Gasteiger partial charge in [-0.15, -0.1) is 5.11 Å². The summed E-state index contributed by atoms with van der Waals surface area (Å²) in [6.07, 6.45) is 3.03. The summed E-state index contributed by atoms with van der Waals surface area (Å²) in [5, 5.41) is 7.99. The summed E-state index contributed by atoms with van der Waals surface area (Å²) in [4.78, 5) is 0. The molecule has 0 saturated heterocycles. The molecule has 5 heteroatoms. The molecule has 0 saturated carbocycles. The highest BCUT2D eigenvalue weighted by atomic mass is 15.8. The van der Waals surface area contributed by atoms with Gasteiger partial charge in [0, 0.05) is 0 Å². The minimum absolute atomic E-state index is 1.20. The summed E-state index contributed by atoms with van der Waals surface area (Å²) >= 11 is 0. The van der Waals surface area contributed by atoms with Crippen LogP contribution < -0.4 is 11.4 Å². The number of rotatable bonds is 0. The predicted octanol–water partition coefficient (Wildman–Crippen LogP) is -0.481. The SMILES string of the molecule is NN1C=CN=NN1. The largest absolute Gasteiger partial charge is 0.227 e. The molecule has 0 aromatic carbocycles. The fourth-order valence-corrected chi connectivity index (χ4v) is 0.246. The van der Waals surface area contributed by atoms with Crippen LogP contribution in [-0.2, 0) is 0 Å². The molecule has 7 heavy (non-hydrogen) atoms. The Kier molecular flexibility index (Phi) is 0.910. The van der Waals surface area contributed by atoms with Crippen LogP contribution in [0.4, 0.5) is 0 Å². The van der Waals surface area contributed by atoms with E-state index in [1.807, 2.05) is 0 Å². The highest BCUT2D eigenvalue weighted by molar-refractivity contribution is 4.75. The van der Waals surface area contributed by atoms with Gasteiger partial charge in [0.05, 0.1) is 12.4 Å². The Balaban J connectivity index is 2.49. The lowest BCUT2D eigenvalue weighted by molar-refractivity contribution is 0.266. The average molecular weight is 99.1 g/mol. The molecule has 0 unspecified atom stereocenters. The molecule has 0 spiro atoms. The minimum Gasteiger partial charge on any atom is -0.227 e. The first kappa shape index (κ1) is 4.07. The monoisotopic (exact) mass is 99.1 g/mol. The van der Waals surface area contributed by atoms with Gasteiger partial charge < -0.3 is 0 Å². The molecule has 0 radical (unpaired) electrons. The summed E-state index contributed by atoms with van der Waals surface area (Å²) in [5.41, 5.74) is 2.36. The van der Waals surface area contributed by atoms with Crippen LogP contribution in [0.25, 0.3) is 0 Å². The van der Waals surface area contributed by atoms with E-state index in [1.54, 1.807) is 6.20 Å². The zero-order valence-corrected chi connectivity index (χ0v) is 3.57. The molecule has 38 valence electrons. The number of nitrogens with zero attached hydrogens (tertiary/aromatic N) is 3. The molecule has 0 fully saturated rings. The number of hydrazine groups is 2. The molecule has 0 atom stereocenters. The minimum atomic E-state index is 1.20. The fraction of sp³-hybridized carbons (Fsp3) is 0. The van der Waals surface area contributed by atoms with E-state index in [9.17, 15) is 0 Å². The van der Waals surface area contributed by atoms with Gasteiger partial charge in [-0.25, -0.2) is 11.0 Å². The molecule has 1 aliphatic rings. The first-order chi connectivity index (χ1) is 3.39. The molecule has 0 amide bonds. The van der Waals surface area contributed by atoms with E-state index >= 15 is 0 Å². The molecule has 0 bridgehead atoms. The number of hydrogen-bond acceptors (Lipinski definition) is 5. The Bertz CT molecular complexity index is 105. The first-order valence-corrected chi connectivity index (χ1v) is 1.76. The second kappa shape index (κ2) is 1.57. The van der Waals surface area contributed by atoms with E-state index in [-0.39, 0.29) is 0 Å². The Morgan fingerprint density at radius 1 is 1.71 bits per heavy atom. The van der Waals surface area contributed by atoms with Gasteiger partial charge in [-0.1, -0.05) is 5.22 Å². The molecule has 1 heterocycles. The van der Waals surface area contributed by atoms with Gasteiger partial charge in [0.1, 0.15) is 0 Å². The van der Waals surface area contributed by atoms with Crippen molar-refractivity contribution in [1.82, 2.24) is 10.7 Å². The standard InChI is InChI=1S/C2H5N5/c3-7-2-1-4-5-6-7/h1-2H,3H2,(H,4,6). The smallest absolute Gasteiger partial charge is 0.0709 e. The zero-order chi connectivity index (χ0) is 5.11. The van der Waals surface area contributed by atoms with Crippen LogP contribution in [-0.4, -0.2) is 5.12 Å². The first-order valence-electron chi connectivity index (χ1n) is 1.76. The molecule has 0 aromatic heterocycles.